The first-order valence-corrected chi connectivity index (χ1v) is 5.19. The molecule has 0 saturated heterocycles. The summed E-state index contributed by atoms with van der Waals surface area (Å²) in [6.07, 6.45) is 10.5. The smallest absolute Gasteiger partial charge is 0.0271 e. The van der Waals surface area contributed by atoms with E-state index < -0.39 is 0 Å². The van der Waals surface area contributed by atoms with E-state index in [0.29, 0.717) is 5.41 Å². The van der Waals surface area contributed by atoms with E-state index in [9.17, 15) is 0 Å². The zero-order valence-corrected chi connectivity index (χ0v) is 8.90. The third-order valence-electron chi connectivity index (χ3n) is 3.13. The van der Waals surface area contributed by atoms with Crippen LogP contribution < -0.4 is 0 Å². The first-order chi connectivity index (χ1) is 5.74. The minimum absolute atomic E-state index is 0.561. The summed E-state index contributed by atoms with van der Waals surface area (Å²) >= 11 is 0. The Bertz CT molecular complexity index is 110. The summed E-state index contributed by atoms with van der Waals surface area (Å²) < 4.78 is 0. The average Bonchev–Trinajstić information content (AvgIpc) is 2.14. The van der Waals surface area contributed by atoms with E-state index in [2.05, 4.69) is 39.8 Å². The molecule has 0 amide bonds. The topological polar surface area (TPSA) is 0 Å². The van der Waals surface area contributed by atoms with Crippen LogP contribution in [0.4, 0.5) is 0 Å². The van der Waals surface area contributed by atoms with E-state index in [1.54, 1.807) is 0 Å². The summed E-state index contributed by atoms with van der Waals surface area (Å²) in [4.78, 5) is 0. The fourth-order valence-corrected chi connectivity index (χ4v) is 1.63. The van der Waals surface area contributed by atoms with Gasteiger partial charge in [-0.15, -0.1) is 0 Å². The van der Waals surface area contributed by atoms with Crippen molar-refractivity contribution >= 4 is 0 Å². The Balaban J connectivity index is 4.01. The Hall–Kier alpha value is -0.260. The zero-order valence-electron chi connectivity index (χ0n) is 8.90. The summed E-state index contributed by atoms with van der Waals surface area (Å²) in [5.74, 6) is 0. The first kappa shape index (κ1) is 11.7. The van der Waals surface area contributed by atoms with Crippen LogP contribution in [0.1, 0.15) is 52.9 Å². The summed E-state index contributed by atoms with van der Waals surface area (Å²) in [7, 11) is 0. The van der Waals surface area contributed by atoms with Gasteiger partial charge in [-0.05, 0) is 25.2 Å². The number of hydrogen-bond donors (Lipinski definition) is 0. The molecule has 0 aliphatic heterocycles. The predicted octanol–water partition coefficient (Wildman–Crippen LogP) is 4.37. The fraction of sp³-hybridized carbons (Fsp3) is 0.750. The largest absolute Gasteiger partial charge is 0.0885 e. The molecule has 0 heterocycles. The first-order valence-electron chi connectivity index (χ1n) is 5.19. The van der Waals surface area contributed by atoms with Crippen molar-refractivity contribution in [1.82, 2.24) is 0 Å². The van der Waals surface area contributed by atoms with Crippen LogP contribution in [0.15, 0.2) is 12.2 Å². The van der Waals surface area contributed by atoms with Crippen LogP contribution in [0.2, 0.25) is 0 Å². The van der Waals surface area contributed by atoms with E-state index in [4.69, 9.17) is 0 Å². The van der Waals surface area contributed by atoms with Gasteiger partial charge in [-0.2, -0.15) is 0 Å². The Kier molecular flexibility index (Phi) is 6.14. The molecule has 71 valence electrons. The molecule has 0 fully saturated rings. The van der Waals surface area contributed by atoms with Gasteiger partial charge >= 0.3 is 0 Å². The van der Waals surface area contributed by atoms with Crippen molar-refractivity contribution in [1.29, 1.82) is 0 Å². The second-order valence-electron chi connectivity index (χ2n) is 3.52. The van der Waals surface area contributed by atoms with Crippen molar-refractivity contribution in [2.24, 2.45) is 5.41 Å². The lowest BCUT2D eigenvalue weighted by Crippen LogP contribution is -2.16. The lowest BCUT2D eigenvalue weighted by Gasteiger charge is -2.28. The van der Waals surface area contributed by atoms with E-state index >= 15 is 0 Å². The number of rotatable bonds is 6. The van der Waals surface area contributed by atoms with Gasteiger partial charge < -0.3 is 0 Å². The summed E-state index contributed by atoms with van der Waals surface area (Å²) in [5, 5.41) is 0. The molecule has 0 aromatic carbocycles. The molecule has 0 nitrogen and oxygen atoms in total. The Morgan fingerprint density at radius 3 is 1.83 bits per heavy atom. The van der Waals surface area contributed by atoms with Gasteiger partial charge in [-0.25, -0.2) is 0 Å². The monoisotopic (exact) mass is 167 g/mol. The molecule has 0 rings (SSSR count). The standard InChI is InChI=1S/C12H23/c1-5-9-10-11-12(6-2,7-3)8-4/h9-10H,1,5-8,11H2,2-4H3. The minimum atomic E-state index is 0.561. The van der Waals surface area contributed by atoms with E-state index in [1.165, 1.54) is 25.7 Å². The quantitative estimate of drug-likeness (QED) is 0.515. The molecule has 0 saturated carbocycles. The second-order valence-corrected chi connectivity index (χ2v) is 3.52. The van der Waals surface area contributed by atoms with Gasteiger partial charge in [0.2, 0.25) is 0 Å². The van der Waals surface area contributed by atoms with Crippen LogP contribution in [0, 0.1) is 12.3 Å². The van der Waals surface area contributed by atoms with Crippen LogP contribution in [-0.4, -0.2) is 0 Å². The lowest BCUT2D eigenvalue weighted by molar-refractivity contribution is 0.254. The van der Waals surface area contributed by atoms with Crippen molar-refractivity contribution in [3.8, 4) is 0 Å². The van der Waals surface area contributed by atoms with Crippen LogP contribution >= 0.6 is 0 Å². The third-order valence-corrected chi connectivity index (χ3v) is 3.13. The van der Waals surface area contributed by atoms with Gasteiger partial charge in [0.05, 0.1) is 0 Å². The van der Waals surface area contributed by atoms with Crippen molar-refractivity contribution in [3.63, 3.8) is 0 Å². The number of allylic oxidation sites excluding steroid dienone is 2. The molecule has 0 aromatic rings. The van der Waals surface area contributed by atoms with Crippen LogP contribution in [0.25, 0.3) is 0 Å². The zero-order chi connectivity index (χ0) is 9.45. The van der Waals surface area contributed by atoms with Crippen LogP contribution in [0.5, 0.6) is 0 Å². The van der Waals surface area contributed by atoms with Crippen molar-refractivity contribution in [2.45, 2.75) is 52.9 Å². The van der Waals surface area contributed by atoms with Gasteiger partial charge in [-0.1, -0.05) is 52.2 Å². The van der Waals surface area contributed by atoms with Gasteiger partial charge in [0.1, 0.15) is 0 Å². The minimum Gasteiger partial charge on any atom is -0.0885 e. The molecular formula is C12H23. The molecule has 0 aliphatic rings. The molecule has 0 spiro atoms. The molecule has 0 N–H and O–H groups in total. The normalized spacial score (nSPS) is 12.7. The average molecular weight is 167 g/mol. The Morgan fingerprint density at radius 2 is 1.50 bits per heavy atom. The highest BCUT2D eigenvalue weighted by molar-refractivity contribution is 4.90. The molecule has 1 radical (unpaired) electrons. The fourth-order valence-electron chi connectivity index (χ4n) is 1.63. The molecule has 0 aliphatic carbocycles. The summed E-state index contributed by atoms with van der Waals surface area (Å²) in [6.45, 7) is 10.7. The van der Waals surface area contributed by atoms with Crippen molar-refractivity contribution in [3.05, 3.63) is 19.1 Å². The molecule has 0 unspecified atom stereocenters. The maximum atomic E-state index is 3.80. The molecule has 0 bridgehead atoms. The van der Waals surface area contributed by atoms with E-state index in [1.807, 2.05) is 0 Å². The van der Waals surface area contributed by atoms with E-state index in [0.717, 1.165) is 6.42 Å². The van der Waals surface area contributed by atoms with Gasteiger partial charge in [0.25, 0.3) is 0 Å². The molecule has 0 atom stereocenters. The molecule has 12 heavy (non-hydrogen) atoms. The summed E-state index contributed by atoms with van der Waals surface area (Å²) in [5.41, 5.74) is 0.561. The highest BCUT2D eigenvalue weighted by atomic mass is 14.3. The maximum Gasteiger partial charge on any atom is -0.0271 e. The Morgan fingerprint density at radius 1 is 1.00 bits per heavy atom. The maximum absolute atomic E-state index is 3.80. The van der Waals surface area contributed by atoms with Crippen LogP contribution in [0.3, 0.4) is 0 Å². The molecular weight excluding hydrogens is 144 g/mol. The molecule has 0 heteroatoms. The van der Waals surface area contributed by atoms with E-state index in [-0.39, 0.29) is 0 Å². The van der Waals surface area contributed by atoms with Gasteiger partial charge in [0, 0.05) is 0 Å². The van der Waals surface area contributed by atoms with Crippen LogP contribution in [-0.2, 0) is 0 Å². The number of hydrogen-bond acceptors (Lipinski definition) is 0. The lowest BCUT2D eigenvalue weighted by atomic mass is 9.77. The van der Waals surface area contributed by atoms with Gasteiger partial charge in [0.15, 0.2) is 0 Å². The Labute approximate surface area is 78.1 Å². The molecule has 0 aromatic heterocycles. The predicted molar refractivity (Wildman–Crippen MR) is 57.0 cm³/mol. The highest BCUT2D eigenvalue weighted by Crippen LogP contribution is 2.34. The second kappa shape index (κ2) is 6.28. The van der Waals surface area contributed by atoms with Crippen molar-refractivity contribution in [2.75, 3.05) is 0 Å². The summed E-state index contributed by atoms with van der Waals surface area (Å²) in [6, 6.07) is 0. The third kappa shape index (κ3) is 3.42. The van der Waals surface area contributed by atoms with Crippen molar-refractivity contribution < 1.29 is 0 Å². The highest BCUT2D eigenvalue weighted by Gasteiger charge is 2.21. The SMILES string of the molecule is [CH2]CC=CCC(CC)(CC)CC. The van der Waals surface area contributed by atoms with Gasteiger partial charge in [-0.3, -0.25) is 0 Å².